The number of aliphatic imine (C=N–C) groups is 1. The average Bonchev–Trinajstić information content (AvgIpc) is 3.11. The van der Waals surface area contributed by atoms with Crippen molar-refractivity contribution in [3.8, 4) is 11.5 Å². The zero-order chi connectivity index (χ0) is 22.2. The molecule has 172 valence electrons. The normalized spacial score (nSPS) is 11.0. The molecule has 0 aliphatic carbocycles. The van der Waals surface area contributed by atoms with E-state index in [4.69, 9.17) is 26.1 Å². The van der Waals surface area contributed by atoms with E-state index in [1.165, 1.54) is 0 Å². The topological polar surface area (TPSA) is 85.6 Å². The van der Waals surface area contributed by atoms with Crippen LogP contribution in [0, 0.1) is 6.92 Å². The number of guanidine groups is 1. The maximum absolute atomic E-state index is 6.24. The first-order chi connectivity index (χ1) is 15.0. The average molecular weight is 571 g/mol. The molecular formula is C22H28ClIN6O2. The molecule has 0 aliphatic heterocycles. The molecule has 2 aromatic carbocycles. The van der Waals surface area contributed by atoms with Crippen LogP contribution < -0.4 is 20.1 Å². The van der Waals surface area contributed by atoms with Crippen LogP contribution in [0.1, 0.15) is 22.8 Å². The van der Waals surface area contributed by atoms with Gasteiger partial charge in [0.15, 0.2) is 11.8 Å². The van der Waals surface area contributed by atoms with Crippen molar-refractivity contribution in [2.75, 3.05) is 14.2 Å². The van der Waals surface area contributed by atoms with E-state index < -0.39 is 0 Å². The molecular weight excluding hydrogens is 543 g/mol. The fourth-order valence-corrected chi connectivity index (χ4v) is 3.13. The van der Waals surface area contributed by atoms with Crippen molar-refractivity contribution in [3.05, 3.63) is 70.3 Å². The van der Waals surface area contributed by atoms with Gasteiger partial charge in [-0.25, -0.2) is 4.99 Å². The second kappa shape index (κ2) is 12.5. The molecule has 0 unspecified atom stereocenters. The number of nitrogens with zero attached hydrogens (tertiary/aromatic N) is 4. The number of hydrogen-bond donors (Lipinski definition) is 2. The van der Waals surface area contributed by atoms with Crippen LogP contribution in [0.5, 0.6) is 11.5 Å². The largest absolute Gasteiger partial charge is 0.497 e. The number of methoxy groups -OCH3 is 2. The van der Waals surface area contributed by atoms with Gasteiger partial charge < -0.3 is 24.7 Å². The maximum Gasteiger partial charge on any atom is 0.192 e. The smallest absolute Gasteiger partial charge is 0.192 e. The summed E-state index contributed by atoms with van der Waals surface area (Å²) in [6, 6.07) is 13.5. The van der Waals surface area contributed by atoms with Crippen LogP contribution >= 0.6 is 35.6 Å². The van der Waals surface area contributed by atoms with Gasteiger partial charge in [0, 0.05) is 13.6 Å². The van der Waals surface area contributed by atoms with E-state index in [-0.39, 0.29) is 24.0 Å². The highest BCUT2D eigenvalue weighted by Gasteiger charge is 2.07. The molecule has 0 fully saturated rings. The Morgan fingerprint density at radius 3 is 2.28 bits per heavy atom. The maximum atomic E-state index is 6.24. The molecule has 8 nitrogen and oxygen atoms in total. The molecule has 2 N–H and O–H groups in total. The molecule has 0 saturated carbocycles. The van der Waals surface area contributed by atoms with E-state index in [0.717, 1.165) is 28.5 Å². The van der Waals surface area contributed by atoms with Crippen molar-refractivity contribution in [2.45, 2.75) is 26.6 Å². The zero-order valence-electron chi connectivity index (χ0n) is 18.6. The van der Waals surface area contributed by atoms with Gasteiger partial charge in [-0.1, -0.05) is 29.8 Å². The third-order valence-electron chi connectivity index (χ3n) is 4.85. The molecule has 0 bridgehead atoms. The molecule has 3 rings (SSSR count). The van der Waals surface area contributed by atoms with Gasteiger partial charge in [0.05, 0.1) is 32.3 Å². The summed E-state index contributed by atoms with van der Waals surface area (Å²) in [4.78, 5) is 4.70. The third kappa shape index (κ3) is 6.99. The Labute approximate surface area is 210 Å². The van der Waals surface area contributed by atoms with Gasteiger partial charge in [-0.2, -0.15) is 0 Å². The van der Waals surface area contributed by atoms with Crippen LogP contribution in [0.2, 0.25) is 5.02 Å². The van der Waals surface area contributed by atoms with Crippen LogP contribution in [-0.2, 0) is 26.7 Å². The highest BCUT2D eigenvalue weighted by atomic mass is 127. The number of nitrogens with one attached hydrogen (secondary N) is 2. The Morgan fingerprint density at radius 2 is 1.69 bits per heavy atom. The highest BCUT2D eigenvalue weighted by molar-refractivity contribution is 14.0. The summed E-state index contributed by atoms with van der Waals surface area (Å²) in [7, 11) is 5.19. The van der Waals surface area contributed by atoms with Gasteiger partial charge in [-0.3, -0.25) is 0 Å². The Hall–Kier alpha value is -2.53. The van der Waals surface area contributed by atoms with Gasteiger partial charge in [-0.05, 0) is 42.3 Å². The summed E-state index contributed by atoms with van der Waals surface area (Å²) < 4.78 is 12.4. The van der Waals surface area contributed by atoms with Gasteiger partial charge in [0.25, 0.3) is 0 Å². The summed E-state index contributed by atoms with van der Waals surface area (Å²) >= 11 is 6.24. The first kappa shape index (κ1) is 25.7. The van der Waals surface area contributed by atoms with Gasteiger partial charge >= 0.3 is 0 Å². The van der Waals surface area contributed by atoms with Gasteiger partial charge in [-0.15, -0.1) is 34.2 Å². The number of hydrogen-bond acceptors (Lipinski definition) is 5. The minimum absolute atomic E-state index is 0. The van der Waals surface area contributed by atoms with Crippen molar-refractivity contribution in [1.82, 2.24) is 25.4 Å². The quantitative estimate of drug-likeness (QED) is 0.243. The number of aromatic nitrogens is 3. The second-order valence-electron chi connectivity index (χ2n) is 6.91. The second-order valence-corrected chi connectivity index (χ2v) is 7.32. The van der Waals surface area contributed by atoms with E-state index in [2.05, 4.69) is 20.8 Å². The Balaban J connectivity index is 0.00000363. The van der Waals surface area contributed by atoms with E-state index >= 15 is 0 Å². The molecule has 0 aliphatic rings. The first-order valence-electron chi connectivity index (χ1n) is 9.82. The number of aryl methyl sites for hydroxylation is 1. The molecule has 32 heavy (non-hydrogen) atoms. The standard InChI is InChI=1S/C22H27ClN6O2.HI/c1-15-27-28-21(29(15)2)14-26-22(24-12-16-5-8-18(30-3)9-6-16)25-13-17-7-10-20(31-4)19(23)11-17;/h5-11H,12-14H2,1-4H3,(H2,24,25,26);1H. The fourth-order valence-electron chi connectivity index (χ4n) is 2.85. The molecule has 1 aromatic heterocycles. The number of rotatable bonds is 8. The Kier molecular flexibility index (Phi) is 10.0. The summed E-state index contributed by atoms with van der Waals surface area (Å²) in [5, 5.41) is 15.5. The number of benzene rings is 2. The van der Waals surface area contributed by atoms with Crippen LogP contribution in [0.4, 0.5) is 0 Å². The van der Waals surface area contributed by atoms with Gasteiger partial charge in [0.2, 0.25) is 0 Å². The summed E-state index contributed by atoms with van der Waals surface area (Å²) in [6.07, 6.45) is 0. The molecule has 0 atom stereocenters. The van der Waals surface area contributed by atoms with E-state index in [1.807, 2.05) is 61.0 Å². The lowest BCUT2D eigenvalue weighted by Crippen LogP contribution is -2.37. The summed E-state index contributed by atoms with van der Waals surface area (Å²) in [6.45, 7) is 3.48. The van der Waals surface area contributed by atoms with Crippen LogP contribution in [0.25, 0.3) is 0 Å². The van der Waals surface area contributed by atoms with Crippen molar-refractivity contribution in [2.24, 2.45) is 12.0 Å². The van der Waals surface area contributed by atoms with E-state index in [9.17, 15) is 0 Å². The molecule has 0 radical (unpaired) electrons. The van der Waals surface area contributed by atoms with Crippen LogP contribution in [0.3, 0.4) is 0 Å². The molecule has 0 spiro atoms. The predicted molar refractivity (Wildman–Crippen MR) is 137 cm³/mol. The monoisotopic (exact) mass is 570 g/mol. The van der Waals surface area contributed by atoms with Crippen molar-refractivity contribution < 1.29 is 9.47 Å². The number of halogens is 2. The van der Waals surface area contributed by atoms with Gasteiger partial charge in [0.1, 0.15) is 17.3 Å². The minimum Gasteiger partial charge on any atom is -0.497 e. The minimum atomic E-state index is 0. The lowest BCUT2D eigenvalue weighted by Gasteiger charge is -2.13. The number of ether oxygens (including phenoxy) is 2. The van der Waals surface area contributed by atoms with Crippen LogP contribution in [-0.4, -0.2) is 34.9 Å². The third-order valence-corrected chi connectivity index (χ3v) is 5.15. The zero-order valence-corrected chi connectivity index (χ0v) is 21.6. The molecule has 3 aromatic rings. The van der Waals surface area contributed by atoms with E-state index in [0.29, 0.717) is 36.4 Å². The van der Waals surface area contributed by atoms with Crippen LogP contribution in [0.15, 0.2) is 47.5 Å². The van der Waals surface area contributed by atoms with Crippen molar-refractivity contribution >= 4 is 41.5 Å². The lowest BCUT2D eigenvalue weighted by atomic mass is 10.2. The Bertz CT molecular complexity index is 1040. The highest BCUT2D eigenvalue weighted by Crippen LogP contribution is 2.25. The first-order valence-corrected chi connectivity index (χ1v) is 10.2. The Morgan fingerprint density at radius 1 is 1.00 bits per heavy atom. The molecule has 1 heterocycles. The summed E-state index contributed by atoms with van der Waals surface area (Å²) in [5.74, 6) is 3.80. The molecule has 10 heteroatoms. The van der Waals surface area contributed by atoms with Crippen molar-refractivity contribution in [1.29, 1.82) is 0 Å². The predicted octanol–water partition coefficient (Wildman–Crippen LogP) is 3.85. The lowest BCUT2D eigenvalue weighted by molar-refractivity contribution is 0.414. The van der Waals surface area contributed by atoms with Crippen molar-refractivity contribution in [3.63, 3.8) is 0 Å². The molecule has 0 saturated heterocycles. The fraction of sp³-hybridized carbons (Fsp3) is 0.318. The van der Waals surface area contributed by atoms with E-state index in [1.54, 1.807) is 14.2 Å². The summed E-state index contributed by atoms with van der Waals surface area (Å²) in [5.41, 5.74) is 2.09. The SMILES string of the molecule is COc1ccc(CNC(=NCc2ccc(OC)c(Cl)c2)NCc2nnc(C)n2C)cc1.I. The molecule has 0 amide bonds.